The zero-order chi connectivity index (χ0) is 55.0. The van der Waals surface area contributed by atoms with E-state index in [-0.39, 0.29) is 12.7 Å². The predicted octanol–water partition coefficient (Wildman–Crippen LogP) is 19.7. The molecule has 0 spiro atoms. The zero-order valence-corrected chi connectivity index (χ0v) is 45.2. The molecule has 0 amide bonds. The molecule has 1 N–H and O–H groups in total. The molecule has 396 valence electrons. The molecule has 18 rings (SSSR count). The number of H-pyrrole nitrogens is 1. The van der Waals surface area contributed by atoms with Crippen molar-refractivity contribution < 1.29 is 0 Å². The van der Waals surface area contributed by atoms with E-state index in [1.165, 1.54) is 98.6 Å². The van der Waals surface area contributed by atoms with Crippen LogP contribution in [0.3, 0.4) is 0 Å². The minimum atomic E-state index is 0. The first kappa shape index (κ1) is 50.1. The standard InChI is InChI=1S/C37H22N4.C22H13N.C15H10ClN3.CH4/c1-3-12-23(13-4-1)35-38-36(24-14-5-2-6-15-24)40-37(39-35)41-32-21-10-9-18-27(32)31-22-30-26-17-8-7-16-25(26)28-19-11-20-29(33(28)30)34(31)41;1-2-7-14-13(6-1)16-9-5-10-17-21(16)18(14)12-19-15-8-3-4-11-20(15)23-22(17)19;16-15-18-13(11-7-3-1-4-8-11)17-14(19-15)12-9-5-2-6-10-12;/h1-22H;1-12,23H;1-10H;1H4. The molecule has 2 aliphatic rings. The summed E-state index contributed by atoms with van der Waals surface area (Å²) in [5.41, 5.74) is 19.0. The van der Waals surface area contributed by atoms with E-state index in [9.17, 15) is 0 Å². The Kier molecular flexibility index (Phi) is 12.3. The molecule has 9 heteroatoms. The van der Waals surface area contributed by atoms with Gasteiger partial charge in [-0.25, -0.2) is 9.97 Å². The highest BCUT2D eigenvalue weighted by Crippen LogP contribution is 2.52. The van der Waals surface area contributed by atoms with Crippen LogP contribution < -0.4 is 0 Å². The molecule has 0 unspecified atom stereocenters. The van der Waals surface area contributed by atoms with E-state index in [0.717, 1.165) is 33.3 Å². The first-order valence-electron chi connectivity index (χ1n) is 27.6. The molecular weight excluding hydrogens is 1050 g/mol. The van der Waals surface area contributed by atoms with Crippen LogP contribution in [0.1, 0.15) is 7.43 Å². The Morgan fingerprint density at radius 1 is 0.298 bits per heavy atom. The van der Waals surface area contributed by atoms with Gasteiger partial charge in [-0.05, 0) is 91.1 Å². The lowest BCUT2D eigenvalue weighted by atomic mass is 9.99. The molecule has 0 saturated heterocycles. The second-order valence-corrected chi connectivity index (χ2v) is 21.1. The summed E-state index contributed by atoms with van der Waals surface area (Å²) >= 11 is 5.99. The van der Waals surface area contributed by atoms with Crippen molar-refractivity contribution in [2.75, 3.05) is 0 Å². The van der Waals surface area contributed by atoms with Crippen LogP contribution in [-0.4, -0.2) is 39.5 Å². The van der Waals surface area contributed by atoms with Crippen molar-refractivity contribution in [3.8, 4) is 96.0 Å². The maximum atomic E-state index is 5.99. The second-order valence-electron chi connectivity index (χ2n) is 20.7. The van der Waals surface area contributed by atoms with Crippen molar-refractivity contribution in [1.29, 1.82) is 0 Å². The summed E-state index contributed by atoms with van der Waals surface area (Å²) in [5, 5.41) is 10.4. The number of aromatic amines is 1. The lowest BCUT2D eigenvalue weighted by Gasteiger charge is -2.12. The summed E-state index contributed by atoms with van der Waals surface area (Å²) in [7, 11) is 0. The fourth-order valence-electron chi connectivity index (χ4n) is 12.4. The summed E-state index contributed by atoms with van der Waals surface area (Å²) in [6.45, 7) is 0. The molecule has 12 aromatic carbocycles. The molecule has 2 aliphatic carbocycles. The SMILES string of the molecule is C.Clc1nc(-c2ccccc2)nc(-c2ccccc2)n1.c1ccc(-c2nc(-c3ccccc3)nc(-n3c4ccccc4c4cc5c6c(cccc6c43)-c3ccccc3-5)n2)cc1.c1ccc2c(c1)-c1cccc3c1c-2cc1c2ccccc2[nH]c31. The highest BCUT2D eigenvalue weighted by atomic mass is 35.5. The van der Waals surface area contributed by atoms with Crippen LogP contribution >= 0.6 is 11.6 Å². The number of rotatable bonds is 5. The maximum absolute atomic E-state index is 5.99. The van der Waals surface area contributed by atoms with Gasteiger partial charge in [0, 0.05) is 60.1 Å². The summed E-state index contributed by atoms with van der Waals surface area (Å²) in [6, 6.07) is 92.4. The van der Waals surface area contributed by atoms with E-state index in [0.29, 0.717) is 29.2 Å². The van der Waals surface area contributed by atoms with E-state index >= 15 is 0 Å². The summed E-state index contributed by atoms with van der Waals surface area (Å²) in [6.07, 6.45) is 0. The van der Waals surface area contributed by atoms with Crippen LogP contribution in [0.15, 0.2) is 267 Å². The molecule has 16 aromatic rings. The highest BCUT2D eigenvalue weighted by molar-refractivity contribution is 6.29. The predicted molar refractivity (Wildman–Crippen MR) is 347 cm³/mol. The molecule has 0 bridgehead atoms. The number of nitrogens with zero attached hydrogens (tertiary/aromatic N) is 7. The van der Waals surface area contributed by atoms with Crippen LogP contribution in [0, 0.1) is 0 Å². The van der Waals surface area contributed by atoms with Gasteiger partial charge < -0.3 is 4.98 Å². The number of halogens is 1. The topological polar surface area (TPSA) is 98.1 Å². The average molecular weight is 1100 g/mol. The Balaban J connectivity index is 0.000000118. The van der Waals surface area contributed by atoms with E-state index in [4.69, 9.17) is 26.6 Å². The van der Waals surface area contributed by atoms with Crippen LogP contribution in [-0.2, 0) is 0 Å². The van der Waals surface area contributed by atoms with Crippen molar-refractivity contribution >= 4 is 76.8 Å². The number of hydrogen-bond acceptors (Lipinski definition) is 6. The fraction of sp³-hybridized carbons (Fsp3) is 0.0133. The van der Waals surface area contributed by atoms with Crippen LogP contribution in [0.4, 0.5) is 0 Å². The molecule has 0 radical (unpaired) electrons. The number of hydrogen-bond donors (Lipinski definition) is 1. The Bertz CT molecular complexity index is 5100. The first-order chi connectivity index (χ1) is 41.1. The number of aromatic nitrogens is 8. The highest BCUT2D eigenvalue weighted by Gasteiger charge is 2.27. The van der Waals surface area contributed by atoms with Crippen molar-refractivity contribution in [3.05, 3.63) is 272 Å². The van der Waals surface area contributed by atoms with Gasteiger partial charge in [0.25, 0.3) is 0 Å². The van der Waals surface area contributed by atoms with Gasteiger partial charge in [0.1, 0.15) is 0 Å². The molecule has 84 heavy (non-hydrogen) atoms. The molecule has 4 heterocycles. The lowest BCUT2D eigenvalue weighted by Crippen LogP contribution is -2.06. The Morgan fingerprint density at radius 3 is 1.20 bits per heavy atom. The molecular formula is C75H49ClN8. The van der Waals surface area contributed by atoms with Gasteiger partial charge in [-0.2, -0.15) is 19.9 Å². The van der Waals surface area contributed by atoms with Crippen molar-refractivity contribution in [1.82, 2.24) is 39.5 Å². The van der Waals surface area contributed by atoms with E-state index in [1.807, 2.05) is 121 Å². The van der Waals surface area contributed by atoms with E-state index in [1.54, 1.807) is 0 Å². The Morgan fingerprint density at radius 2 is 0.679 bits per heavy atom. The Labute approximate surface area is 489 Å². The number of fused-ring (bicyclic) bond motifs is 14. The number of para-hydroxylation sites is 2. The molecule has 0 fully saturated rings. The van der Waals surface area contributed by atoms with Crippen molar-refractivity contribution in [2.45, 2.75) is 7.43 Å². The van der Waals surface area contributed by atoms with E-state index in [2.05, 4.69) is 170 Å². The van der Waals surface area contributed by atoms with Gasteiger partial charge in [-0.15, -0.1) is 0 Å². The van der Waals surface area contributed by atoms with Gasteiger partial charge in [0.15, 0.2) is 23.3 Å². The zero-order valence-electron chi connectivity index (χ0n) is 44.4. The second kappa shape index (κ2) is 20.6. The van der Waals surface area contributed by atoms with Gasteiger partial charge >= 0.3 is 0 Å². The monoisotopic (exact) mass is 1100 g/mol. The quantitative estimate of drug-likeness (QED) is 0.184. The van der Waals surface area contributed by atoms with Crippen LogP contribution in [0.25, 0.3) is 161 Å². The van der Waals surface area contributed by atoms with E-state index < -0.39 is 0 Å². The average Bonchev–Trinajstić information content (AvgIpc) is 1.69. The minimum absolute atomic E-state index is 0. The van der Waals surface area contributed by atoms with Crippen molar-refractivity contribution in [3.63, 3.8) is 0 Å². The lowest BCUT2D eigenvalue weighted by molar-refractivity contribution is 0.955. The smallest absolute Gasteiger partial charge is 0.238 e. The summed E-state index contributed by atoms with van der Waals surface area (Å²) < 4.78 is 2.23. The fourth-order valence-corrected chi connectivity index (χ4v) is 12.6. The van der Waals surface area contributed by atoms with Gasteiger partial charge in [-0.1, -0.05) is 250 Å². The van der Waals surface area contributed by atoms with Crippen LogP contribution in [0.5, 0.6) is 0 Å². The molecule has 4 aromatic heterocycles. The van der Waals surface area contributed by atoms with Crippen molar-refractivity contribution in [2.24, 2.45) is 0 Å². The molecule has 0 atom stereocenters. The third kappa shape index (κ3) is 8.30. The van der Waals surface area contributed by atoms with Crippen LogP contribution in [0.2, 0.25) is 5.28 Å². The molecule has 0 saturated carbocycles. The van der Waals surface area contributed by atoms with Gasteiger partial charge in [0.05, 0.1) is 16.6 Å². The number of benzene rings is 12. The largest absolute Gasteiger partial charge is 0.354 e. The summed E-state index contributed by atoms with van der Waals surface area (Å²) in [5.74, 6) is 3.08. The van der Waals surface area contributed by atoms with Gasteiger partial charge in [0.2, 0.25) is 11.2 Å². The summed E-state index contributed by atoms with van der Waals surface area (Å²) in [4.78, 5) is 31.6. The minimum Gasteiger partial charge on any atom is -0.354 e. The molecule has 0 aliphatic heterocycles. The normalized spacial score (nSPS) is 11.5. The van der Waals surface area contributed by atoms with Gasteiger partial charge in [-0.3, -0.25) is 4.57 Å². The maximum Gasteiger partial charge on any atom is 0.238 e. The third-order valence-corrected chi connectivity index (χ3v) is 16.2. The third-order valence-electron chi connectivity index (χ3n) is 16.0. The Hall–Kier alpha value is -10.9. The first-order valence-corrected chi connectivity index (χ1v) is 28.0. The molecule has 8 nitrogen and oxygen atoms in total. The number of nitrogens with one attached hydrogen (secondary N) is 1.